The van der Waals surface area contributed by atoms with Crippen molar-refractivity contribution in [2.75, 3.05) is 11.4 Å². The van der Waals surface area contributed by atoms with Crippen LogP contribution in [0.3, 0.4) is 0 Å². The summed E-state index contributed by atoms with van der Waals surface area (Å²) in [5.41, 5.74) is 4.12. The van der Waals surface area contributed by atoms with Crippen molar-refractivity contribution in [3.8, 4) is 12.1 Å². The van der Waals surface area contributed by atoms with E-state index >= 15 is 0 Å². The van der Waals surface area contributed by atoms with Crippen LogP contribution in [0.4, 0.5) is 5.69 Å². The Morgan fingerprint density at radius 1 is 1.14 bits per heavy atom. The van der Waals surface area contributed by atoms with E-state index in [1.54, 1.807) is 35.1 Å². The van der Waals surface area contributed by atoms with Gasteiger partial charge in [-0.3, -0.25) is 9.48 Å². The van der Waals surface area contributed by atoms with E-state index in [9.17, 15) is 4.79 Å². The van der Waals surface area contributed by atoms with Crippen LogP contribution >= 0.6 is 11.6 Å². The molecule has 4 aromatic rings. The molecule has 0 fully saturated rings. The maximum Gasteiger partial charge on any atom is 0.272 e. The van der Waals surface area contributed by atoms with E-state index in [2.05, 4.69) is 37.8 Å². The highest BCUT2D eigenvalue weighted by Gasteiger charge is 2.25. The Hall–Kier alpha value is -4.41. The number of carbonyl (C=O) groups is 1. The first kappa shape index (κ1) is 22.4. The molecule has 1 N–H and O–H groups in total. The van der Waals surface area contributed by atoms with Crippen molar-refractivity contribution in [2.24, 2.45) is 0 Å². The number of carbonyl (C=O) groups excluding carboxylic acids is 1. The van der Waals surface area contributed by atoms with Crippen molar-refractivity contribution in [1.29, 1.82) is 10.5 Å². The monoisotopic (exact) mass is 485 g/mol. The normalized spacial score (nSPS) is 12.7. The molecule has 0 saturated carbocycles. The zero-order valence-corrected chi connectivity index (χ0v) is 19.4. The lowest BCUT2D eigenvalue weighted by molar-refractivity contribution is 0.0946. The van der Waals surface area contributed by atoms with Crippen molar-refractivity contribution in [1.82, 2.24) is 30.1 Å². The van der Waals surface area contributed by atoms with Gasteiger partial charge < -0.3 is 10.2 Å². The van der Waals surface area contributed by atoms with Gasteiger partial charge in [0, 0.05) is 18.5 Å². The highest BCUT2D eigenvalue weighted by Crippen LogP contribution is 2.36. The molecule has 5 rings (SSSR count). The van der Waals surface area contributed by atoms with Crippen LogP contribution in [-0.2, 0) is 26.2 Å². The number of aromatic nitrogens is 5. The molecule has 0 unspecified atom stereocenters. The Kier molecular flexibility index (Phi) is 6.04. The number of fused-ring (bicyclic) bond motifs is 2. The van der Waals surface area contributed by atoms with E-state index in [0.29, 0.717) is 54.2 Å². The third kappa shape index (κ3) is 4.27. The van der Waals surface area contributed by atoms with Gasteiger partial charge in [-0.15, -0.1) is 5.10 Å². The largest absolute Gasteiger partial charge is 0.362 e. The predicted molar refractivity (Wildman–Crippen MR) is 128 cm³/mol. The molecule has 10 nitrogen and oxygen atoms in total. The Balaban J connectivity index is 1.45. The minimum atomic E-state index is -0.341. The molecule has 2 aromatic carbocycles. The summed E-state index contributed by atoms with van der Waals surface area (Å²) in [7, 11) is 0. The molecule has 3 heterocycles. The Morgan fingerprint density at radius 2 is 1.97 bits per heavy atom. The van der Waals surface area contributed by atoms with E-state index in [1.807, 2.05) is 16.8 Å². The number of amides is 1. The summed E-state index contributed by atoms with van der Waals surface area (Å²) in [5.74, 6) is -0.341. The van der Waals surface area contributed by atoms with E-state index in [1.165, 1.54) is 0 Å². The maximum atomic E-state index is 13.1. The smallest absolute Gasteiger partial charge is 0.272 e. The maximum absolute atomic E-state index is 13.1. The van der Waals surface area contributed by atoms with Gasteiger partial charge in [-0.2, -0.15) is 15.6 Å². The standard InChI is InChI=1S/C24H20ClN9O/c25-21-20(32-10-11-33-18(15-32)14-29-31-33)7-6-19-22(30-34(23(19)21)9-1-8-26)24(35)28-13-17-4-2-16(12-27)3-5-17/h2-7,14H,1,9-11,13,15H2,(H,28,35). The number of nitriles is 2. The first-order valence-electron chi connectivity index (χ1n) is 11.0. The van der Waals surface area contributed by atoms with Gasteiger partial charge >= 0.3 is 0 Å². The summed E-state index contributed by atoms with van der Waals surface area (Å²) in [6, 6.07) is 15.0. The molecule has 0 atom stereocenters. The van der Waals surface area contributed by atoms with Gasteiger partial charge in [-0.05, 0) is 29.8 Å². The molecular weight excluding hydrogens is 466 g/mol. The quantitative estimate of drug-likeness (QED) is 0.444. The number of halogens is 1. The molecule has 1 amide bonds. The van der Waals surface area contributed by atoms with Gasteiger partial charge in [0.1, 0.15) is 0 Å². The molecule has 0 spiro atoms. The van der Waals surface area contributed by atoms with E-state index < -0.39 is 0 Å². The second-order valence-electron chi connectivity index (χ2n) is 8.14. The minimum Gasteiger partial charge on any atom is -0.362 e. The lowest BCUT2D eigenvalue weighted by atomic mass is 10.1. The first-order valence-corrected chi connectivity index (χ1v) is 11.4. The van der Waals surface area contributed by atoms with Gasteiger partial charge in [-0.25, -0.2) is 4.68 Å². The molecule has 0 saturated heterocycles. The minimum absolute atomic E-state index is 0.234. The average molecular weight is 486 g/mol. The molecule has 2 aromatic heterocycles. The van der Waals surface area contributed by atoms with Crippen LogP contribution in [0.15, 0.2) is 42.6 Å². The summed E-state index contributed by atoms with van der Waals surface area (Å²) in [5, 5.41) is 34.6. The first-order chi connectivity index (χ1) is 17.1. The van der Waals surface area contributed by atoms with E-state index in [4.69, 9.17) is 22.1 Å². The van der Waals surface area contributed by atoms with Gasteiger partial charge in [0.25, 0.3) is 5.91 Å². The van der Waals surface area contributed by atoms with Crippen LogP contribution in [0.1, 0.15) is 33.7 Å². The molecule has 1 aliphatic heterocycles. The lowest BCUT2D eigenvalue weighted by Crippen LogP contribution is -2.34. The third-order valence-corrected chi connectivity index (χ3v) is 6.36. The molecule has 0 radical (unpaired) electrons. The number of nitrogens with zero attached hydrogens (tertiary/aromatic N) is 8. The lowest BCUT2D eigenvalue weighted by Gasteiger charge is -2.30. The third-order valence-electron chi connectivity index (χ3n) is 5.99. The molecule has 174 valence electrons. The number of rotatable bonds is 6. The van der Waals surface area contributed by atoms with Crippen LogP contribution in [0.25, 0.3) is 10.9 Å². The van der Waals surface area contributed by atoms with Crippen molar-refractivity contribution in [3.05, 3.63) is 70.1 Å². The van der Waals surface area contributed by atoms with Crippen LogP contribution in [0.5, 0.6) is 0 Å². The fourth-order valence-corrected chi connectivity index (χ4v) is 4.58. The molecule has 35 heavy (non-hydrogen) atoms. The second kappa shape index (κ2) is 9.45. The number of hydrogen-bond donors (Lipinski definition) is 1. The Labute approximate surface area is 205 Å². The second-order valence-corrected chi connectivity index (χ2v) is 8.51. The van der Waals surface area contributed by atoms with Gasteiger partial charge in [0.05, 0.1) is 71.9 Å². The zero-order chi connectivity index (χ0) is 24.4. The summed E-state index contributed by atoms with van der Waals surface area (Å²) in [6.45, 7) is 2.63. The number of benzene rings is 2. The van der Waals surface area contributed by atoms with Crippen LogP contribution in [0, 0.1) is 22.7 Å². The topological polar surface area (TPSA) is 128 Å². The molecule has 0 bridgehead atoms. The van der Waals surface area contributed by atoms with Crippen LogP contribution < -0.4 is 10.2 Å². The van der Waals surface area contributed by atoms with Gasteiger partial charge in [-0.1, -0.05) is 28.9 Å². The fraction of sp³-hybridized carbons (Fsp3) is 0.250. The number of hydrogen-bond acceptors (Lipinski definition) is 7. The average Bonchev–Trinajstić information content (AvgIpc) is 3.51. The predicted octanol–water partition coefficient (Wildman–Crippen LogP) is 3.02. The highest BCUT2D eigenvalue weighted by molar-refractivity contribution is 6.38. The van der Waals surface area contributed by atoms with Crippen molar-refractivity contribution in [2.45, 2.75) is 32.6 Å². The zero-order valence-electron chi connectivity index (χ0n) is 18.6. The van der Waals surface area contributed by atoms with Crippen LogP contribution in [-0.4, -0.2) is 37.2 Å². The summed E-state index contributed by atoms with van der Waals surface area (Å²) in [6.07, 6.45) is 1.98. The number of aryl methyl sites for hydroxylation is 1. The van der Waals surface area contributed by atoms with Crippen LogP contribution in [0.2, 0.25) is 5.02 Å². The number of nitrogens with one attached hydrogen (secondary N) is 1. The molecule has 11 heteroatoms. The summed E-state index contributed by atoms with van der Waals surface area (Å²) in [4.78, 5) is 15.2. The molecule has 1 aliphatic rings. The van der Waals surface area contributed by atoms with Crippen molar-refractivity contribution < 1.29 is 4.79 Å². The van der Waals surface area contributed by atoms with E-state index in [-0.39, 0.29) is 18.0 Å². The fourth-order valence-electron chi connectivity index (χ4n) is 4.20. The Bertz CT molecular complexity index is 1490. The van der Waals surface area contributed by atoms with Crippen molar-refractivity contribution in [3.63, 3.8) is 0 Å². The molecular formula is C24H20ClN9O. The summed E-state index contributed by atoms with van der Waals surface area (Å²) >= 11 is 6.90. The summed E-state index contributed by atoms with van der Waals surface area (Å²) < 4.78 is 3.51. The SMILES string of the molecule is N#CCCn1nc(C(=O)NCc2ccc(C#N)cc2)c2ccc(N3CCn4nncc4C3)c(Cl)c21. The Morgan fingerprint density at radius 3 is 2.74 bits per heavy atom. The molecule has 0 aliphatic carbocycles. The number of anilines is 1. The highest BCUT2D eigenvalue weighted by atomic mass is 35.5. The van der Waals surface area contributed by atoms with Gasteiger partial charge in [0.15, 0.2) is 5.69 Å². The van der Waals surface area contributed by atoms with Crippen molar-refractivity contribution >= 4 is 34.1 Å². The van der Waals surface area contributed by atoms with E-state index in [0.717, 1.165) is 16.9 Å². The van der Waals surface area contributed by atoms with Gasteiger partial charge in [0.2, 0.25) is 0 Å².